The van der Waals surface area contributed by atoms with E-state index in [1.807, 2.05) is 72.8 Å². The van der Waals surface area contributed by atoms with E-state index in [0.717, 1.165) is 16.5 Å². The standard InChI is InChI=1S/C20H17NO2/c1-15(20(22)21-18-9-3-2-4-10-18)14-23-19-12-11-16-7-5-6-8-17(16)13-19/h2-14H,1H3,(H,21,22). The molecule has 114 valence electrons. The summed E-state index contributed by atoms with van der Waals surface area (Å²) in [5, 5.41) is 5.08. The summed E-state index contributed by atoms with van der Waals surface area (Å²) in [6.45, 7) is 1.72. The molecule has 3 aromatic carbocycles. The molecule has 0 spiro atoms. The number of fused-ring (bicyclic) bond motifs is 1. The van der Waals surface area contributed by atoms with E-state index < -0.39 is 0 Å². The second kappa shape index (κ2) is 6.79. The number of carbonyl (C=O) groups excluding carboxylic acids is 1. The highest BCUT2D eigenvalue weighted by Crippen LogP contribution is 2.21. The lowest BCUT2D eigenvalue weighted by atomic mass is 10.1. The molecule has 0 atom stereocenters. The molecule has 3 rings (SSSR count). The minimum absolute atomic E-state index is 0.183. The van der Waals surface area contributed by atoms with Gasteiger partial charge in [0.15, 0.2) is 0 Å². The molecule has 0 fully saturated rings. The summed E-state index contributed by atoms with van der Waals surface area (Å²) in [6.07, 6.45) is 1.47. The van der Waals surface area contributed by atoms with E-state index in [1.54, 1.807) is 6.92 Å². The van der Waals surface area contributed by atoms with Crippen molar-refractivity contribution in [3.8, 4) is 5.75 Å². The summed E-state index contributed by atoms with van der Waals surface area (Å²) in [4.78, 5) is 12.1. The van der Waals surface area contributed by atoms with Gasteiger partial charge < -0.3 is 10.1 Å². The topological polar surface area (TPSA) is 38.3 Å². The van der Waals surface area contributed by atoms with Gasteiger partial charge in [0.05, 0.1) is 6.26 Å². The summed E-state index contributed by atoms with van der Waals surface area (Å²) in [5.74, 6) is 0.521. The molecule has 0 saturated heterocycles. The minimum Gasteiger partial charge on any atom is -0.465 e. The van der Waals surface area contributed by atoms with Crippen molar-refractivity contribution in [1.82, 2.24) is 0 Å². The average molecular weight is 303 g/mol. The molecule has 3 nitrogen and oxygen atoms in total. The Bertz CT molecular complexity index is 854. The Morgan fingerprint density at radius 2 is 1.61 bits per heavy atom. The predicted molar refractivity (Wildman–Crippen MR) is 93.4 cm³/mol. The van der Waals surface area contributed by atoms with Crippen molar-refractivity contribution in [3.05, 3.63) is 84.6 Å². The van der Waals surface area contributed by atoms with Gasteiger partial charge in [0, 0.05) is 11.3 Å². The van der Waals surface area contributed by atoms with Crippen LogP contribution in [0, 0.1) is 0 Å². The van der Waals surface area contributed by atoms with Gasteiger partial charge in [0.2, 0.25) is 0 Å². The van der Waals surface area contributed by atoms with Crippen LogP contribution in [0.1, 0.15) is 6.92 Å². The Morgan fingerprint density at radius 1 is 0.913 bits per heavy atom. The molecule has 0 heterocycles. The maximum absolute atomic E-state index is 12.1. The fourth-order valence-corrected chi connectivity index (χ4v) is 2.20. The van der Waals surface area contributed by atoms with Crippen LogP contribution in [0.5, 0.6) is 5.75 Å². The quantitative estimate of drug-likeness (QED) is 0.557. The first-order valence-electron chi connectivity index (χ1n) is 7.41. The summed E-state index contributed by atoms with van der Waals surface area (Å²) in [6, 6.07) is 23.2. The van der Waals surface area contributed by atoms with Crippen molar-refractivity contribution in [2.75, 3.05) is 5.32 Å². The third-order valence-corrected chi connectivity index (χ3v) is 3.48. The summed E-state index contributed by atoms with van der Waals surface area (Å²) in [5.41, 5.74) is 1.26. The number of hydrogen-bond donors (Lipinski definition) is 1. The SMILES string of the molecule is CC(=COc1ccc2ccccc2c1)C(=O)Nc1ccccc1. The van der Waals surface area contributed by atoms with Crippen LogP contribution in [-0.4, -0.2) is 5.91 Å². The van der Waals surface area contributed by atoms with Crippen LogP contribution in [0.2, 0.25) is 0 Å². The van der Waals surface area contributed by atoms with E-state index in [-0.39, 0.29) is 5.91 Å². The van der Waals surface area contributed by atoms with Gasteiger partial charge in [-0.3, -0.25) is 4.79 Å². The predicted octanol–water partition coefficient (Wildman–Crippen LogP) is 4.76. The van der Waals surface area contributed by atoms with Crippen LogP contribution in [0.4, 0.5) is 5.69 Å². The van der Waals surface area contributed by atoms with Gasteiger partial charge in [0.25, 0.3) is 5.91 Å². The molecule has 0 aliphatic carbocycles. The van der Waals surface area contributed by atoms with Crippen molar-refractivity contribution in [1.29, 1.82) is 0 Å². The fraction of sp³-hybridized carbons (Fsp3) is 0.0500. The first kappa shape index (κ1) is 14.9. The van der Waals surface area contributed by atoms with Crippen LogP contribution >= 0.6 is 0 Å². The highest BCUT2D eigenvalue weighted by atomic mass is 16.5. The highest BCUT2D eigenvalue weighted by molar-refractivity contribution is 6.03. The van der Waals surface area contributed by atoms with Gasteiger partial charge in [-0.05, 0) is 42.0 Å². The number of carbonyl (C=O) groups is 1. The Hall–Kier alpha value is -3.07. The van der Waals surface area contributed by atoms with Gasteiger partial charge in [-0.15, -0.1) is 0 Å². The van der Waals surface area contributed by atoms with Crippen LogP contribution < -0.4 is 10.1 Å². The highest BCUT2D eigenvalue weighted by Gasteiger charge is 2.05. The van der Waals surface area contributed by atoms with Gasteiger partial charge >= 0.3 is 0 Å². The molecule has 1 N–H and O–H groups in total. The molecule has 0 unspecified atom stereocenters. The molecule has 0 saturated carbocycles. The normalized spacial score (nSPS) is 11.3. The number of para-hydroxylation sites is 1. The van der Waals surface area contributed by atoms with Crippen molar-refractivity contribution in [2.45, 2.75) is 6.92 Å². The molecule has 0 aliphatic heterocycles. The van der Waals surface area contributed by atoms with Crippen molar-refractivity contribution in [2.24, 2.45) is 0 Å². The fourth-order valence-electron chi connectivity index (χ4n) is 2.20. The lowest BCUT2D eigenvalue weighted by Gasteiger charge is -2.06. The van der Waals surface area contributed by atoms with E-state index >= 15 is 0 Å². The van der Waals surface area contributed by atoms with Crippen molar-refractivity contribution in [3.63, 3.8) is 0 Å². The zero-order valence-electron chi connectivity index (χ0n) is 12.8. The summed E-state index contributed by atoms with van der Waals surface area (Å²) < 4.78 is 5.61. The third-order valence-electron chi connectivity index (χ3n) is 3.48. The number of nitrogens with one attached hydrogen (secondary N) is 1. The number of benzene rings is 3. The van der Waals surface area contributed by atoms with Crippen LogP contribution in [0.3, 0.4) is 0 Å². The van der Waals surface area contributed by atoms with Gasteiger partial charge in [0.1, 0.15) is 5.75 Å². The van der Waals surface area contributed by atoms with E-state index in [1.165, 1.54) is 6.26 Å². The van der Waals surface area contributed by atoms with E-state index in [4.69, 9.17) is 4.74 Å². The maximum atomic E-state index is 12.1. The third kappa shape index (κ3) is 3.77. The lowest BCUT2D eigenvalue weighted by Crippen LogP contribution is -2.13. The molecule has 0 aromatic heterocycles. The smallest absolute Gasteiger partial charge is 0.254 e. The number of rotatable bonds is 4. The first-order valence-corrected chi connectivity index (χ1v) is 7.41. The number of anilines is 1. The molecule has 0 radical (unpaired) electrons. The average Bonchev–Trinajstić information content (AvgIpc) is 2.60. The minimum atomic E-state index is -0.183. The van der Waals surface area contributed by atoms with E-state index in [2.05, 4.69) is 5.32 Å². The monoisotopic (exact) mass is 303 g/mol. The molecule has 3 aromatic rings. The second-order valence-corrected chi connectivity index (χ2v) is 5.25. The Kier molecular flexibility index (Phi) is 4.39. The first-order chi connectivity index (χ1) is 11.2. The van der Waals surface area contributed by atoms with Crippen molar-refractivity contribution < 1.29 is 9.53 Å². The largest absolute Gasteiger partial charge is 0.465 e. The molecular formula is C20H17NO2. The summed E-state index contributed by atoms with van der Waals surface area (Å²) >= 11 is 0. The zero-order valence-corrected chi connectivity index (χ0v) is 12.8. The molecular weight excluding hydrogens is 286 g/mol. The molecule has 23 heavy (non-hydrogen) atoms. The lowest BCUT2D eigenvalue weighted by molar-refractivity contribution is -0.112. The Labute approximate surface area is 135 Å². The van der Waals surface area contributed by atoms with Gasteiger partial charge in [-0.1, -0.05) is 48.5 Å². The van der Waals surface area contributed by atoms with Crippen LogP contribution in [0.25, 0.3) is 10.8 Å². The van der Waals surface area contributed by atoms with Crippen LogP contribution in [0.15, 0.2) is 84.6 Å². The second-order valence-electron chi connectivity index (χ2n) is 5.25. The zero-order chi connectivity index (χ0) is 16.1. The molecule has 3 heteroatoms. The molecule has 0 bridgehead atoms. The molecule has 1 amide bonds. The van der Waals surface area contributed by atoms with E-state index in [9.17, 15) is 4.79 Å². The molecule has 0 aliphatic rings. The maximum Gasteiger partial charge on any atom is 0.254 e. The Morgan fingerprint density at radius 3 is 2.39 bits per heavy atom. The number of amides is 1. The number of hydrogen-bond acceptors (Lipinski definition) is 2. The Balaban J connectivity index is 1.69. The summed E-state index contributed by atoms with van der Waals surface area (Å²) in [7, 11) is 0. The van der Waals surface area contributed by atoms with Gasteiger partial charge in [-0.2, -0.15) is 0 Å². The van der Waals surface area contributed by atoms with E-state index in [0.29, 0.717) is 11.3 Å². The number of ether oxygens (including phenoxy) is 1. The van der Waals surface area contributed by atoms with Gasteiger partial charge in [-0.25, -0.2) is 0 Å². The van der Waals surface area contributed by atoms with Crippen LogP contribution in [-0.2, 0) is 4.79 Å². The van der Waals surface area contributed by atoms with Crippen molar-refractivity contribution >= 4 is 22.4 Å².